The number of aromatic nitrogens is 1. The van der Waals surface area contributed by atoms with Crippen molar-refractivity contribution in [2.24, 2.45) is 0 Å². The van der Waals surface area contributed by atoms with Crippen LogP contribution in [0.15, 0.2) is 12.3 Å². The highest BCUT2D eigenvalue weighted by molar-refractivity contribution is 5.44. The van der Waals surface area contributed by atoms with Crippen LogP contribution in [0.4, 0.5) is 5.82 Å². The van der Waals surface area contributed by atoms with E-state index in [9.17, 15) is 0 Å². The number of aryl methyl sites for hydroxylation is 1. The van der Waals surface area contributed by atoms with Crippen LogP contribution in [0.5, 0.6) is 0 Å². The second-order valence-electron chi connectivity index (χ2n) is 6.53. The fraction of sp³-hybridized carbons (Fsp3) is 0.667. The second kappa shape index (κ2) is 4.88. The van der Waals surface area contributed by atoms with E-state index in [0.29, 0.717) is 6.04 Å². The average Bonchev–Trinajstić information content (AvgIpc) is 2.65. The molecule has 2 heterocycles. The van der Waals surface area contributed by atoms with Gasteiger partial charge < -0.3 is 10.2 Å². The molecule has 2 rings (SSSR count). The van der Waals surface area contributed by atoms with Gasteiger partial charge in [0.2, 0.25) is 0 Å². The first kappa shape index (κ1) is 13.3. The lowest BCUT2D eigenvalue weighted by Crippen LogP contribution is -2.24. The molecule has 1 aromatic rings. The summed E-state index contributed by atoms with van der Waals surface area (Å²) in [7, 11) is 2.17. The summed E-state index contributed by atoms with van der Waals surface area (Å²) in [6.45, 7) is 11.2. The number of anilines is 1. The van der Waals surface area contributed by atoms with Gasteiger partial charge in [0.05, 0.1) is 0 Å². The number of hydrogen-bond acceptors (Lipinski definition) is 3. The van der Waals surface area contributed by atoms with Crippen molar-refractivity contribution in [1.29, 1.82) is 0 Å². The molecule has 18 heavy (non-hydrogen) atoms. The number of nitrogens with one attached hydrogen (secondary N) is 1. The summed E-state index contributed by atoms with van der Waals surface area (Å²) < 4.78 is 0. The van der Waals surface area contributed by atoms with Crippen LogP contribution in [0, 0.1) is 6.92 Å². The molecular weight excluding hydrogens is 222 g/mol. The fourth-order valence-corrected chi connectivity index (χ4v) is 2.67. The number of likely N-dealkylation sites (N-methyl/N-ethyl adjacent to an activating group) is 1. The molecule has 1 fully saturated rings. The van der Waals surface area contributed by atoms with Crippen LogP contribution in [0.25, 0.3) is 0 Å². The predicted octanol–water partition coefficient (Wildman–Crippen LogP) is 2.80. The van der Waals surface area contributed by atoms with Crippen molar-refractivity contribution in [1.82, 2.24) is 9.88 Å². The van der Waals surface area contributed by atoms with Gasteiger partial charge in [-0.3, -0.25) is 0 Å². The first-order chi connectivity index (χ1) is 8.36. The molecular formula is C15H25N3. The summed E-state index contributed by atoms with van der Waals surface area (Å²) in [5.74, 6) is 1.02. The van der Waals surface area contributed by atoms with E-state index < -0.39 is 0 Å². The molecule has 1 N–H and O–H groups in total. The highest BCUT2D eigenvalue weighted by Gasteiger charge is 2.21. The van der Waals surface area contributed by atoms with Gasteiger partial charge in [-0.05, 0) is 49.5 Å². The molecule has 0 aliphatic carbocycles. The third-order valence-corrected chi connectivity index (χ3v) is 3.65. The lowest BCUT2D eigenvalue weighted by atomic mass is 9.85. The van der Waals surface area contributed by atoms with E-state index in [2.05, 4.69) is 56.0 Å². The van der Waals surface area contributed by atoms with Gasteiger partial charge in [0.25, 0.3) is 0 Å². The summed E-state index contributed by atoms with van der Waals surface area (Å²) in [5.41, 5.74) is 2.83. The molecule has 3 nitrogen and oxygen atoms in total. The van der Waals surface area contributed by atoms with Crippen LogP contribution in [-0.4, -0.2) is 36.1 Å². The summed E-state index contributed by atoms with van der Waals surface area (Å²) >= 11 is 0. The fourth-order valence-electron chi connectivity index (χ4n) is 2.67. The van der Waals surface area contributed by atoms with Gasteiger partial charge in [-0.1, -0.05) is 20.8 Å². The van der Waals surface area contributed by atoms with Crippen molar-refractivity contribution in [2.45, 2.75) is 45.6 Å². The van der Waals surface area contributed by atoms with Crippen LogP contribution in [0.1, 0.15) is 38.3 Å². The normalized spacial score (nSPS) is 21.3. The molecule has 100 valence electrons. The molecule has 1 aliphatic rings. The standard InChI is InChI=1S/C15H25N3/c1-11-9-16-14(8-13(11)15(2,3)4)17-12-6-7-18(5)10-12/h8-9,12H,6-7,10H2,1-5H3,(H,16,17). The zero-order valence-electron chi connectivity index (χ0n) is 12.2. The molecule has 1 saturated heterocycles. The Labute approximate surface area is 111 Å². The average molecular weight is 247 g/mol. The van der Waals surface area contributed by atoms with Crippen LogP contribution in [0.2, 0.25) is 0 Å². The summed E-state index contributed by atoms with van der Waals surface area (Å²) in [6.07, 6.45) is 3.19. The Morgan fingerprint density at radius 2 is 2.11 bits per heavy atom. The van der Waals surface area contributed by atoms with E-state index in [1.54, 1.807) is 0 Å². The molecule has 1 atom stereocenters. The van der Waals surface area contributed by atoms with E-state index in [4.69, 9.17) is 0 Å². The van der Waals surface area contributed by atoms with Crippen LogP contribution >= 0.6 is 0 Å². The Morgan fingerprint density at radius 3 is 2.67 bits per heavy atom. The third kappa shape index (κ3) is 3.02. The quantitative estimate of drug-likeness (QED) is 0.871. The lowest BCUT2D eigenvalue weighted by molar-refractivity contribution is 0.414. The molecule has 0 amide bonds. The van der Waals surface area contributed by atoms with Gasteiger partial charge in [0.1, 0.15) is 5.82 Å². The van der Waals surface area contributed by atoms with Crippen LogP contribution in [0.3, 0.4) is 0 Å². The summed E-state index contributed by atoms with van der Waals surface area (Å²) in [5, 5.41) is 3.56. The molecule has 0 saturated carbocycles. The summed E-state index contributed by atoms with van der Waals surface area (Å²) in [6, 6.07) is 2.76. The van der Waals surface area contributed by atoms with Crippen molar-refractivity contribution in [3.05, 3.63) is 23.4 Å². The minimum absolute atomic E-state index is 0.177. The molecule has 1 unspecified atom stereocenters. The largest absolute Gasteiger partial charge is 0.366 e. The van der Waals surface area contributed by atoms with Gasteiger partial charge >= 0.3 is 0 Å². The molecule has 3 heteroatoms. The van der Waals surface area contributed by atoms with Gasteiger partial charge in [-0.2, -0.15) is 0 Å². The van der Waals surface area contributed by atoms with Gasteiger partial charge in [-0.25, -0.2) is 4.98 Å². The molecule has 0 bridgehead atoms. The Bertz CT molecular complexity index is 420. The zero-order chi connectivity index (χ0) is 13.3. The first-order valence-corrected chi connectivity index (χ1v) is 6.78. The van der Waals surface area contributed by atoms with E-state index in [-0.39, 0.29) is 5.41 Å². The van der Waals surface area contributed by atoms with Gasteiger partial charge in [0.15, 0.2) is 0 Å². The molecule has 0 spiro atoms. The van der Waals surface area contributed by atoms with Crippen molar-refractivity contribution in [2.75, 3.05) is 25.5 Å². The van der Waals surface area contributed by atoms with Crippen LogP contribution < -0.4 is 5.32 Å². The number of likely N-dealkylation sites (tertiary alicyclic amines) is 1. The van der Waals surface area contributed by atoms with Crippen molar-refractivity contribution in [3.63, 3.8) is 0 Å². The van der Waals surface area contributed by atoms with Gasteiger partial charge in [-0.15, -0.1) is 0 Å². The smallest absolute Gasteiger partial charge is 0.126 e. The number of rotatable bonds is 2. The Kier molecular flexibility index (Phi) is 3.62. The highest BCUT2D eigenvalue weighted by atomic mass is 15.2. The Balaban J connectivity index is 2.15. The highest BCUT2D eigenvalue weighted by Crippen LogP contribution is 2.27. The maximum Gasteiger partial charge on any atom is 0.126 e. The Hall–Kier alpha value is -1.09. The molecule has 1 aromatic heterocycles. The maximum absolute atomic E-state index is 4.51. The molecule has 1 aliphatic heterocycles. The second-order valence-corrected chi connectivity index (χ2v) is 6.53. The summed E-state index contributed by atoms with van der Waals surface area (Å²) in [4.78, 5) is 6.87. The van der Waals surface area contributed by atoms with E-state index in [1.807, 2.05) is 6.20 Å². The number of hydrogen-bond donors (Lipinski definition) is 1. The number of nitrogens with zero attached hydrogens (tertiary/aromatic N) is 2. The van der Waals surface area contributed by atoms with Crippen LogP contribution in [-0.2, 0) is 5.41 Å². The topological polar surface area (TPSA) is 28.2 Å². The minimum atomic E-state index is 0.177. The molecule has 0 aromatic carbocycles. The molecule has 0 radical (unpaired) electrons. The lowest BCUT2D eigenvalue weighted by Gasteiger charge is -2.23. The van der Waals surface area contributed by atoms with E-state index >= 15 is 0 Å². The Morgan fingerprint density at radius 1 is 1.39 bits per heavy atom. The monoisotopic (exact) mass is 247 g/mol. The predicted molar refractivity (Wildman–Crippen MR) is 77.2 cm³/mol. The minimum Gasteiger partial charge on any atom is -0.366 e. The number of pyridine rings is 1. The van der Waals surface area contributed by atoms with Gasteiger partial charge in [0, 0.05) is 18.8 Å². The van der Waals surface area contributed by atoms with Crippen molar-refractivity contribution >= 4 is 5.82 Å². The maximum atomic E-state index is 4.51. The van der Waals surface area contributed by atoms with Crippen molar-refractivity contribution < 1.29 is 0 Å². The first-order valence-electron chi connectivity index (χ1n) is 6.78. The zero-order valence-corrected chi connectivity index (χ0v) is 12.2. The third-order valence-electron chi connectivity index (χ3n) is 3.65. The SMILES string of the molecule is Cc1cnc(NC2CCN(C)C2)cc1C(C)(C)C. The van der Waals surface area contributed by atoms with E-state index in [1.165, 1.54) is 24.1 Å². The van der Waals surface area contributed by atoms with Crippen molar-refractivity contribution in [3.8, 4) is 0 Å². The van der Waals surface area contributed by atoms with E-state index in [0.717, 1.165) is 12.4 Å².